The molecular formula is C16H13N5O3. The number of nitrogens with one attached hydrogen (secondary N) is 2. The van der Waals surface area contributed by atoms with E-state index in [0.717, 1.165) is 11.0 Å². The fourth-order valence-electron chi connectivity index (χ4n) is 2.25. The summed E-state index contributed by atoms with van der Waals surface area (Å²) in [6.07, 6.45) is 1.40. The molecule has 8 heteroatoms. The second-order valence-corrected chi connectivity index (χ2v) is 5.10. The number of fused-ring (bicyclic) bond motifs is 1. The van der Waals surface area contributed by atoms with Crippen LogP contribution in [0.3, 0.4) is 0 Å². The quantitative estimate of drug-likeness (QED) is 0.436. The van der Waals surface area contributed by atoms with Gasteiger partial charge >= 0.3 is 0 Å². The van der Waals surface area contributed by atoms with Gasteiger partial charge in [-0.25, -0.2) is 10.4 Å². The maximum Gasteiger partial charge on any atom is 0.272 e. The smallest absolute Gasteiger partial charge is 0.272 e. The van der Waals surface area contributed by atoms with Crippen molar-refractivity contribution in [1.29, 1.82) is 0 Å². The van der Waals surface area contributed by atoms with E-state index in [2.05, 4.69) is 20.5 Å². The van der Waals surface area contributed by atoms with E-state index in [0.29, 0.717) is 17.0 Å². The maximum absolute atomic E-state index is 12.0. The summed E-state index contributed by atoms with van der Waals surface area (Å²) in [5.41, 5.74) is 4.71. The predicted octanol–water partition coefficient (Wildman–Crippen LogP) is 2.54. The first kappa shape index (κ1) is 15.3. The van der Waals surface area contributed by atoms with Gasteiger partial charge in [0.2, 0.25) is 0 Å². The van der Waals surface area contributed by atoms with E-state index < -0.39 is 10.8 Å². The van der Waals surface area contributed by atoms with Gasteiger partial charge in [0.25, 0.3) is 11.6 Å². The van der Waals surface area contributed by atoms with Crippen LogP contribution in [-0.4, -0.2) is 27.0 Å². The third-order valence-corrected chi connectivity index (χ3v) is 3.42. The van der Waals surface area contributed by atoms with Gasteiger partial charge in [0.1, 0.15) is 0 Å². The minimum atomic E-state index is -0.489. The number of aromatic nitrogens is 2. The number of hydrazone groups is 1. The van der Waals surface area contributed by atoms with Crippen LogP contribution >= 0.6 is 0 Å². The summed E-state index contributed by atoms with van der Waals surface area (Å²) in [7, 11) is 0. The lowest BCUT2D eigenvalue weighted by Gasteiger charge is -2.01. The number of carbonyl (C=O) groups is 1. The topological polar surface area (TPSA) is 113 Å². The van der Waals surface area contributed by atoms with Gasteiger partial charge in [0.15, 0.2) is 5.82 Å². The summed E-state index contributed by atoms with van der Waals surface area (Å²) >= 11 is 0. The summed E-state index contributed by atoms with van der Waals surface area (Å²) in [5.74, 6) is 0.0525. The Balaban J connectivity index is 1.70. The van der Waals surface area contributed by atoms with Crippen molar-refractivity contribution in [3.05, 3.63) is 69.5 Å². The van der Waals surface area contributed by atoms with Crippen molar-refractivity contribution < 1.29 is 9.72 Å². The zero-order valence-electron chi connectivity index (χ0n) is 12.7. The number of hydrogen-bond donors (Lipinski definition) is 2. The second-order valence-electron chi connectivity index (χ2n) is 5.10. The lowest BCUT2D eigenvalue weighted by atomic mass is 10.1. The second kappa shape index (κ2) is 6.29. The molecule has 0 unspecified atom stereocenters. The highest BCUT2D eigenvalue weighted by molar-refractivity contribution is 5.95. The fourth-order valence-corrected chi connectivity index (χ4v) is 2.25. The minimum Gasteiger partial charge on any atom is -0.337 e. The molecular weight excluding hydrogens is 310 g/mol. The molecule has 0 aliphatic heterocycles. The molecule has 1 amide bonds. The number of carbonyl (C=O) groups excluding carboxylic acids is 1. The van der Waals surface area contributed by atoms with Crippen molar-refractivity contribution in [3.8, 4) is 0 Å². The van der Waals surface area contributed by atoms with Gasteiger partial charge in [0, 0.05) is 17.2 Å². The van der Waals surface area contributed by atoms with Crippen LogP contribution in [0.25, 0.3) is 11.0 Å². The van der Waals surface area contributed by atoms with E-state index in [1.165, 1.54) is 24.4 Å². The first-order chi connectivity index (χ1) is 11.5. The number of nitro benzene ring substituents is 1. The number of amides is 1. The van der Waals surface area contributed by atoms with Crippen molar-refractivity contribution in [3.63, 3.8) is 0 Å². The number of rotatable bonds is 4. The molecule has 3 rings (SSSR count). The number of nitro groups is 1. The Hall–Kier alpha value is -3.55. The van der Waals surface area contributed by atoms with E-state index in [4.69, 9.17) is 0 Å². The summed E-state index contributed by atoms with van der Waals surface area (Å²) in [4.78, 5) is 29.7. The summed E-state index contributed by atoms with van der Waals surface area (Å²) in [5, 5.41) is 14.6. The molecule has 24 heavy (non-hydrogen) atoms. The Labute approximate surface area is 136 Å². The lowest BCUT2D eigenvalue weighted by molar-refractivity contribution is -0.385. The Kier molecular flexibility index (Phi) is 4.02. The number of imidazole rings is 1. The molecule has 0 saturated heterocycles. The standard InChI is InChI=1S/C16H13N5O3/c1-10-8-11(6-7-14(10)21(23)24)16(22)20-17-9-15-18-12-4-2-3-5-13(12)19-15/h2-9H,1H3,(H,18,19)(H,20,22)/b17-9-. The van der Waals surface area contributed by atoms with E-state index in [9.17, 15) is 14.9 Å². The number of para-hydroxylation sites is 2. The highest BCUT2D eigenvalue weighted by Crippen LogP contribution is 2.18. The summed E-state index contributed by atoms with van der Waals surface area (Å²) < 4.78 is 0. The normalized spacial score (nSPS) is 11.0. The molecule has 0 fully saturated rings. The number of hydrogen-bond acceptors (Lipinski definition) is 5. The average molecular weight is 323 g/mol. The monoisotopic (exact) mass is 323 g/mol. The molecule has 0 atom stereocenters. The summed E-state index contributed by atoms with van der Waals surface area (Å²) in [6, 6.07) is 11.6. The molecule has 3 aromatic rings. The fraction of sp³-hybridized carbons (Fsp3) is 0.0625. The zero-order chi connectivity index (χ0) is 17.1. The molecule has 0 saturated carbocycles. The van der Waals surface area contributed by atoms with Crippen LogP contribution in [0, 0.1) is 17.0 Å². The molecule has 2 aromatic carbocycles. The molecule has 0 spiro atoms. The lowest BCUT2D eigenvalue weighted by Crippen LogP contribution is -2.18. The largest absolute Gasteiger partial charge is 0.337 e. The third kappa shape index (κ3) is 3.12. The van der Waals surface area contributed by atoms with Crippen LogP contribution in [0.4, 0.5) is 5.69 Å². The number of H-pyrrole nitrogens is 1. The van der Waals surface area contributed by atoms with Crippen LogP contribution in [0.15, 0.2) is 47.6 Å². The van der Waals surface area contributed by atoms with Gasteiger partial charge in [-0.3, -0.25) is 14.9 Å². The van der Waals surface area contributed by atoms with Crippen molar-refractivity contribution in [1.82, 2.24) is 15.4 Å². The third-order valence-electron chi connectivity index (χ3n) is 3.42. The molecule has 0 aliphatic carbocycles. The Morgan fingerprint density at radius 1 is 1.33 bits per heavy atom. The van der Waals surface area contributed by atoms with Crippen molar-refractivity contribution in [2.75, 3.05) is 0 Å². The average Bonchev–Trinajstić information content (AvgIpc) is 2.97. The Morgan fingerprint density at radius 3 is 2.83 bits per heavy atom. The number of aryl methyl sites for hydroxylation is 1. The molecule has 8 nitrogen and oxygen atoms in total. The molecule has 0 aliphatic rings. The van der Waals surface area contributed by atoms with Crippen LogP contribution in [0.1, 0.15) is 21.7 Å². The Morgan fingerprint density at radius 2 is 2.12 bits per heavy atom. The molecule has 120 valence electrons. The number of benzene rings is 2. The van der Waals surface area contributed by atoms with Crippen LogP contribution in [-0.2, 0) is 0 Å². The number of aromatic amines is 1. The van der Waals surface area contributed by atoms with Crippen LogP contribution < -0.4 is 5.43 Å². The Bertz CT molecular complexity index is 928. The van der Waals surface area contributed by atoms with Gasteiger partial charge in [0.05, 0.1) is 22.2 Å². The van der Waals surface area contributed by atoms with Crippen molar-refractivity contribution in [2.24, 2.45) is 5.10 Å². The highest BCUT2D eigenvalue weighted by Gasteiger charge is 2.13. The van der Waals surface area contributed by atoms with Gasteiger partial charge in [-0.05, 0) is 31.2 Å². The molecule has 0 radical (unpaired) electrons. The molecule has 1 aromatic heterocycles. The molecule has 1 heterocycles. The van der Waals surface area contributed by atoms with E-state index in [1.54, 1.807) is 6.92 Å². The van der Waals surface area contributed by atoms with Crippen LogP contribution in [0.5, 0.6) is 0 Å². The van der Waals surface area contributed by atoms with Crippen molar-refractivity contribution >= 4 is 28.8 Å². The first-order valence-electron chi connectivity index (χ1n) is 7.08. The van der Waals surface area contributed by atoms with Crippen LogP contribution in [0.2, 0.25) is 0 Å². The molecule has 0 bridgehead atoms. The van der Waals surface area contributed by atoms with Gasteiger partial charge in [-0.15, -0.1) is 0 Å². The van der Waals surface area contributed by atoms with Gasteiger partial charge in [-0.1, -0.05) is 12.1 Å². The predicted molar refractivity (Wildman–Crippen MR) is 89.0 cm³/mol. The van der Waals surface area contributed by atoms with E-state index in [1.807, 2.05) is 24.3 Å². The maximum atomic E-state index is 12.0. The van der Waals surface area contributed by atoms with Gasteiger partial charge in [-0.2, -0.15) is 5.10 Å². The zero-order valence-corrected chi connectivity index (χ0v) is 12.7. The number of nitrogens with zero attached hydrogens (tertiary/aromatic N) is 3. The van der Waals surface area contributed by atoms with E-state index in [-0.39, 0.29) is 5.69 Å². The molecule has 2 N–H and O–H groups in total. The first-order valence-corrected chi connectivity index (χ1v) is 7.08. The van der Waals surface area contributed by atoms with Crippen molar-refractivity contribution in [2.45, 2.75) is 6.92 Å². The van der Waals surface area contributed by atoms with Gasteiger partial charge < -0.3 is 4.98 Å². The summed E-state index contributed by atoms with van der Waals surface area (Å²) in [6.45, 7) is 1.58. The SMILES string of the molecule is Cc1cc(C(=O)N/N=C\c2nc3ccccc3[nH]2)ccc1[N+](=O)[O-]. The minimum absolute atomic E-state index is 0.0303. The highest BCUT2D eigenvalue weighted by atomic mass is 16.6. The van der Waals surface area contributed by atoms with E-state index >= 15 is 0 Å².